The Morgan fingerprint density at radius 2 is 2.14 bits per heavy atom. The monoisotopic (exact) mass is 292 g/mol. The zero-order valence-electron chi connectivity index (χ0n) is 13.7. The van der Waals surface area contributed by atoms with E-state index in [2.05, 4.69) is 43.1 Å². The van der Waals surface area contributed by atoms with Crippen LogP contribution >= 0.6 is 0 Å². The summed E-state index contributed by atoms with van der Waals surface area (Å²) < 4.78 is 11.3. The summed E-state index contributed by atoms with van der Waals surface area (Å²) >= 11 is 0. The van der Waals surface area contributed by atoms with Crippen LogP contribution in [0.1, 0.15) is 26.3 Å². The molecule has 118 valence electrons. The molecule has 1 aromatic carbocycles. The van der Waals surface area contributed by atoms with Crippen molar-refractivity contribution in [1.82, 2.24) is 10.2 Å². The van der Waals surface area contributed by atoms with Crippen molar-refractivity contribution in [3.05, 3.63) is 23.8 Å². The summed E-state index contributed by atoms with van der Waals surface area (Å²) in [6.45, 7) is 11.5. The molecule has 2 rings (SSSR count). The first-order valence-corrected chi connectivity index (χ1v) is 7.84. The molecule has 0 spiro atoms. The van der Waals surface area contributed by atoms with Crippen molar-refractivity contribution in [2.75, 3.05) is 33.4 Å². The highest BCUT2D eigenvalue weighted by Crippen LogP contribution is 2.29. The van der Waals surface area contributed by atoms with E-state index in [1.54, 1.807) is 7.11 Å². The third kappa shape index (κ3) is 4.90. The lowest BCUT2D eigenvalue weighted by atomic mass is 10.1. The Bertz CT molecular complexity index is 448. The molecule has 0 amide bonds. The number of nitrogens with zero attached hydrogens (tertiary/aromatic N) is 1. The number of nitrogens with one attached hydrogen (secondary N) is 1. The molecule has 0 bridgehead atoms. The van der Waals surface area contributed by atoms with Crippen molar-refractivity contribution in [2.45, 2.75) is 33.4 Å². The molecular weight excluding hydrogens is 264 g/mol. The van der Waals surface area contributed by atoms with Gasteiger partial charge in [-0.05, 0) is 30.5 Å². The SMILES string of the molecule is COc1ccc(CN2CCN[C@@H](C)C2)cc1OCC(C)C. The Labute approximate surface area is 128 Å². The van der Waals surface area contributed by atoms with Gasteiger partial charge in [0, 0.05) is 32.2 Å². The first-order chi connectivity index (χ1) is 10.1. The van der Waals surface area contributed by atoms with Gasteiger partial charge >= 0.3 is 0 Å². The van der Waals surface area contributed by atoms with Gasteiger partial charge in [0.15, 0.2) is 11.5 Å². The lowest BCUT2D eigenvalue weighted by Crippen LogP contribution is -2.48. The predicted molar refractivity (Wildman–Crippen MR) is 86.1 cm³/mol. The van der Waals surface area contributed by atoms with E-state index in [1.807, 2.05) is 6.07 Å². The molecule has 0 aliphatic carbocycles. The van der Waals surface area contributed by atoms with Crippen molar-refractivity contribution in [1.29, 1.82) is 0 Å². The first-order valence-electron chi connectivity index (χ1n) is 7.84. The van der Waals surface area contributed by atoms with E-state index in [0.29, 0.717) is 18.6 Å². The van der Waals surface area contributed by atoms with Crippen molar-refractivity contribution < 1.29 is 9.47 Å². The average Bonchev–Trinajstić information content (AvgIpc) is 2.45. The van der Waals surface area contributed by atoms with Gasteiger partial charge in [-0.3, -0.25) is 4.90 Å². The van der Waals surface area contributed by atoms with Crippen LogP contribution in [-0.4, -0.2) is 44.3 Å². The van der Waals surface area contributed by atoms with E-state index >= 15 is 0 Å². The highest BCUT2D eigenvalue weighted by molar-refractivity contribution is 5.43. The van der Waals surface area contributed by atoms with Crippen LogP contribution in [0.2, 0.25) is 0 Å². The van der Waals surface area contributed by atoms with Gasteiger partial charge in [-0.25, -0.2) is 0 Å². The summed E-state index contributed by atoms with van der Waals surface area (Å²) in [7, 11) is 1.69. The fourth-order valence-corrected chi connectivity index (χ4v) is 2.60. The minimum Gasteiger partial charge on any atom is -0.493 e. The van der Waals surface area contributed by atoms with Crippen LogP contribution in [0, 0.1) is 5.92 Å². The Balaban J connectivity index is 2.03. The molecule has 1 heterocycles. The molecule has 1 aliphatic rings. The molecule has 0 saturated carbocycles. The number of hydrogen-bond donors (Lipinski definition) is 1. The molecule has 1 fully saturated rings. The Morgan fingerprint density at radius 1 is 1.33 bits per heavy atom. The third-order valence-corrected chi connectivity index (χ3v) is 3.66. The lowest BCUT2D eigenvalue weighted by Gasteiger charge is -2.31. The van der Waals surface area contributed by atoms with Crippen LogP contribution < -0.4 is 14.8 Å². The van der Waals surface area contributed by atoms with E-state index < -0.39 is 0 Å². The molecular formula is C17H28N2O2. The molecule has 4 heteroatoms. The molecule has 21 heavy (non-hydrogen) atoms. The van der Waals surface area contributed by atoms with E-state index in [4.69, 9.17) is 9.47 Å². The van der Waals surface area contributed by atoms with E-state index in [0.717, 1.165) is 37.7 Å². The fourth-order valence-electron chi connectivity index (χ4n) is 2.60. The maximum atomic E-state index is 5.88. The number of hydrogen-bond acceptors (Lipinski definition) is 4. The van der Waals surface area contributed by atoms with Crippen LogP contribution in [0.15, 0.2) is 18.2 Å². The number of rotatable bonds is 6. The number of methoxy groups -OCH3 is 1. The van der Waals surface area contributed by atoms with Gasteiger partial charge in [0.25, 0.3) is 0 Å². The molecule has 0 aromatic heterocycles. The average molecular weight is 292 g/mol. The highest BCUT2D eigenvalue weighted by atomic mass is 16.5. The van der Waals surface area contributed by atoms with Gasteiger partial charge in [-0.1, -0.05) is 19.9 Å². The fraction of sp³-hybridized carbons (Fsp3) is 0.647. The quantitative estimate of drug-likeness (QED) is 0.873. The van der Waals surface area contributed by atoms with Crippen LogP contribution in [0.5, 0.6) is 11.5 Å². The third-order valence-electron chi connectivity index (χ3n) is 3.66. The molecule has 1 N–H and O–H groups in total. The van der Waals surface area contributed by atoms with Crippen LogP contribution in [-0.2, 0) is 6.54 Å². The number of piperazine rings is 1. The van der Waals surface area contributed by atoms with Gasteiger partial charge < -0.3 is 14.8 Å². The summed E-state index contributed by atoms with van der Waals surface area (Å²) in [6.07, 6.45) is 0. The summed E-state index contributed by atoms with van der Waals surface area (Å²) in [5, 5.41) is 3.47. The summed E-state index contributed by atoms with van der Waals surface area (Å²) in [5.74, 6) is 2.17. The molecule has 1 aliphatic heterocycles. The topological polar surface area (TPSA) is 33.7 Å². The molecule has 0 radical (unpaired) electrons. The van der Waals surface area contributed by atoms with Gasteiger partial charge in [0.1, 0.15) is 0 Å². The van der Waals surface area contributed by atoms with Crippen molar-refractivity contribution >= 4 is 0 Å². The Hall–Kier alpha value is -1.26. The van der Waals surface area contributed by atoms with Gasteiger partial charge in [-0.2, -0.15) is 0 Å². The second-order valence-corrected chi connectivity index (χ2v) is 6.28. The van der Waals surface area contributed by atoms with Crippen molar-refractivity contribution in [3.63, 3.8) is 0 Å². The molecule has 1 atom stereocenters. The molecule has 0 unspecified atom stereocenters. The molecule has 1 aromatic rings. The molecule has 4 nitrogen and oxygen atoms in total. The van der Waals surface area contributed by atoms with Crippen LogP contribution in [0.25, 0.3) is 0 Å². The molecule has 1 saturated heterocycles. The predicted octanol–water partition coefficient (Wildman–Crippen LogP) is 2.52. The second kappa shape index (κ2) is 7.66. The van der Waals surface area contributed by atoms with Gasteiger partial charge in [-0.15, -0.1) is 0 Å². The lowest BCUT2D eigenvalue weighted by molar-refractivity contribution is 0.199. The summed E-state index contributed by atoms with van der Waals surface area (Å²) in [6, 6.07) is 6.83. The van der Waals surface area contributed by atoms with E-state index in [9.17, 15) is 0 Å². The number of ether oxygens (including phenoxy) is 2. The normalized spacial score (nSPS) is 19.8. The first kappa shape index (κ1) is 16.1. The number of benzene rings is 1. The van der Waals surface area contributed by atoms with E-state index in [-0.39, 0.29) is 0 Å². The van der Waals surface area contributed by atoms with E-state index in [1.165, 1.54) is 5.56 Å². The smallest absolute Gasteiger partial charge is 0.161 e. The second-order valence-electron chi connectivity index (χ2n) is 6.28. The summed E-state index contributed by atoms with van der Waals surface area (Å²) in [4.78, 5) is 2.48. The minimum atomic E-state index is 0.507. The highest BCUT2D eigenvalue weighted by Gasteiger charge is 2.16. The van der Waals surface area contributed by atoms with Crippen molar-refractivity contribution in [2.24, 2.45) is 5.92 Å². The Morgan fingerprint density at radius 3 is 2.81 bits per heavy atom. The van der Waals surface area contributed by atoms with Gasteiger partial charge in [0.05, 0.1) is 13.7 Å². The maximum absolute atomic E-state index is 5.88. The zero-order valence-corrected chi connectivity index (χ0v) is 13.7. The largest absolute Gasteiger partial charge is 0.493 e. The standard InChI is InChI=1S/C17H28N2O2/c1-13(2)12-21-17-9-15(5-6-16(17)20-4)11-19-8-7-18-14(3)10-19/h5-6,9,13-14,18H,7-8,10-12H2,1-4H3/t14-/m0/s1. The van der Waals surface area contributed by atoms with Gasteiger partial charge in [0.2, 0.25) is 0 Å². The van der Waals surface area contributed by atoms with Crippen molar-refractivity contribution in [3.8, 4) is 11.5 Å². The van der Waals surface area contributed by atoms with Crippen LogP contribution in [0.4, 0.5) is 0 Å². The zero-order chi connectivity index (χ0) is 15.2. The minimum absolute atomic E-state index is 0.507. The Kier molecular flexibility index (Phi) is 5.88. The summed E-state index contributed by atoms with van der Waals surface area (Å²) in [5.41, 5.74) is 1.28. The maximum Gasteiger partial charge on any atom is 0.161 e. The van der Waals surface area contributed by atoms with Crippen LogP contribution in [0.3, 0.4) is 0 Å².